The average Bonchev–Trinajstić information content (AvgIpc) is 3.19. The number of nitrogens with one attached hydrogen (secondary N) is 2. The van der Waals surface area contributed by atoms with E-state index in [4.69, 9.17) is 23.2 Å². The number of sulfonamides is 1. The Bertz CT molecular complexity index is 1090. The van der Waals surface area contributed by atoms with Crippen molar-refractivity contribution >= 4 is 50.5 Å². The van der Waals surface area contributed by atoms with Gasteiger partial charge in [0.15, 0.2) is 0 Å². The molecule has 0 bridgehead atoms. The van der Waals surface area contributed by atoms with Gasteiger partial charge in [-0.3, -0.25) is 9.52 Å². The lowest BCUT2D eigenvalue weighted by molar-refractivity contribution is -0.119. The fourth-order valence-electron chi connectivity index (χ4n) is 2.30. The second-order valence-corrected chi connectivity index (χ2v) is 8.29. The lowest BCUT2D eigenvalue weighted by Crippen LogP contribution is -2.24. The molecule has 2 N–H and O–H groups in total. The van der Waals surface area contributed by atoms with Gasteiger partial charge in [-0.1, -0.05) is 23.2 Å². The van der Waals surface area contributed by atoms with E-state index in [-0.39, 0.29) is 20.8 Å². The number of carbonyl (C=O) groups is 1. The van der Waals surface area contributed by atoms with Crippen LogP contribution in [-0.4, -0.2) is 29.1 Å². The molecule has 3 aromatic rings. The molecule has 1 amide bonds. The van der Waals surface area contributed by atoms with Gasteiger partial charge >= 0.3 is 0 Å². The summed E-state index contributed by atoms with van der Waals surface area (Å²) in [7, 11) is -3.92. The Morgan fingerprint density at radius 1 is 1.11 bits per heavy atom. The predicted octanol–water partition coefficient (Wildman–Crippen LogP) is 3.59. The normalized spacial score (nSPS) is 12.4. The average molecular weight is 440 g/mol. The molecule has 146 valence electrons. The van der Waals surface area contributed by atoms with E-state index in [1.165, 1.54) is 47.7 Å². The Labute approximate surface area is 171 Å². The van der Waals surface area contributed by atoms with Crippen LogP contribution in [0.3, 0.4) is 0 Å². The summed E-state index contributed by atoms with van der Waals surface area (Å²) in [4.78, 5) is 15.9. The first-order chi connectivity index (χ1) is 13.3. The highest BCUT2D eigenvalue weighted by molar-refractivity contribution is 7.92. The summed E-state index contributed by atoms with van der Waals surface area (Å²) in [5.41, 5.74) is 0.805. The molecule has 0 aliphatic carbocycles. The smallest absolute Gasteiger partial charge is 0.263 e. The summed E-state index contributed by atoms with van der Waals surface area (Å²) in [6, 6.07) is 9.82. The lowest BCUT2D eigenvalue weighted by atomic mass is 10.2. The first-order valence-corrected chi connectivity index (χ1v) is 10.2. The molecule has 0 spiro atoms. The summed E-state index contributed by atoms with van der Waals surface area (Å²) in [6.07, 6.45) is 2.79. The lowest BCUT2D eigenvalue weighted by Gasteiger charge is -2.13. The van der Waals surface area contributed by atoms with E-state index in [9.17, 15) is 13.2 Å². The summed E-state index contributed by atoms with van der Waals surface area (Å²) in [5, 5.41) is 6.96. The van der Waals surface area contributed by atoms with Crippen LogP contribution in [0, 0.1) is 0 Å². The zero-order valence-electron chi connectivity index (χ0n) is 14.5. The topological polar surface area (TPSA) is 106 Å². The third-order valence-corrected chi connectivity index (χ3v) is 5.90. The van der Waals surface area contributed by atoms with E-state index in [1.807, 2.05) is 0 Å². The Morgan fingerprint density at radius 2 is 1.79 bits per heavy atom. The molecule has 3 rings (SSSR count). The first-order valence-electron chi connectivity index (χ1n) is 7.99. The number of hydrogen-bond donors (Lipinski definition) is 2. The largest absolute Gasteiger partial charge is 0.324 e. The van der Waals surface area contributed by atoms with Crippen molar-refractivity contribution in [3.8, 4) is 0 Å². The van der Waals surface area contributed by atoms with Gasteiger partial charge in [0.2, 0.25) is 5.91 Å². The van der Waals surface area contributed by atoms with Crippen LogP contribution in [0.15, 0.2) is 60.0 Å². The molecule has 28 heavy (non-hydrogen) atoms. The van der Waals surface area contributed by atoms with Crippen LogP contribution in [0.4, 0.5) is 11.4 Å². The highest BCUT2D eigenvalue weighted by Crippen LogP contribution is 2.27. The fraction of sp³-hybridized carbons (Fsp3) is 0.118. The van der Waals surface area contributed by atoms with Crippen molar-refractivity contribution in [1.82, 2.24) is 14.8 Å². The maximum absolute atomic E-state index is 12.5. The minimum absolute atomic E-state index is 0.0582. The summed E-state index contributed by atoms with van der Waals surface area (Å²) < 4.78 is 28.9. The summed E-state index contributed by atoms with van der Waals surface area (Å²) in [6.45, 7) is 1.68. The predicted molar refractivity (Wildman–Crippen MR) is 107 cm³/mol. The second-order valence-electron chi connectivity index (χ2n) is 5.80. The highest BCUT2D eigenvalue weighted by atomic mass is 35.5. The van der Waals surface area contributed by atoms with Crippen LogP contribution in [0.1, 0.15) is 13.0 Å². The third-order valence-electron chi connectivity index (χ3n) is 3.80. The van der Waals surface area contributed by atoms with E-state index in [2.05, 4.69) is 20.1 Å². The molecular formula is C17H15Cl2N5O3S. The van der Waals surface area contributed by atoms with Gasteiger partial charge in [-0.05, 0) is 49.4 Å². The maximum Gasteiger partial charge on any atom is 0.263 e. The van der Waals surface area contributed by atoms with Gasteiger partial charge in [-0.15, -0.1) is 0 Å². The molecule has 0 radical (unpaired) electrons. The van der Waals surface area contributed by atoms with Crippen molar-refractivity contribution in [2.45, 2.75) is 17.9 Å². The Kier molecular flexibility index (Phi) is 5.87. The minimum Gasteiger partial charge on any atom is -0.324 e. The number of nitrogens with zero attached hydrogens (tertiary/aromatic N) is 3. The van der Waals surface area contributed by atoms with E-state index in [0.717, 1.165) is 0 Å². The molecule has 1 heterocycles. The maximum atomic E-state index is 12.5. The number of anilines is 2. The molecule has 0 aliphatic rings. The van der Waals surface area contributed by atoms with Crippen molar-refractivity contribution in [2.24, 2.45) is 0 Å². The van der Waals surface area contributed by atoms with Crippen LogP contribution in [0.25, 0.3) is 0 Å². The molecular weight excluding hydrogens is 425 g/mol. The molecule has 8 nitrogen and oxygen atoms in total. The second kappa shape index (κ2) is 8.17. The van der Waals surface area contributed by atoms with Crippen LogP contribution >= 0.6 is 23.2 Å². The molecule has 0 saturated carbocycles. The van der Waals surface area contributed by atoms with E-state index >= 15 is 0 Å². The van der Waals surface area contributed by atoms with Gasteiger partial charge in [0.1, 0.15) is 23.6 Å². The van der Waals surface area contributed by atoms with Gasteiger partial charge in [0, 0.05) is 16.4 Å². The molecule has 1 atom stereocenters. The SMILES string of the molecule is CC(C(=O)Nc1ccc(NS(=O)(=O)c2cc(Cl)ccc2Cl)cc1)n1cncn1. The van der Waals surface area contributed by atoms with E-state index < -0.39 is 16.1 Å². The number of amides is 1. The van der Waals surface area contributed by atoms with Gasteiger partial charge in [-0.2, -0.15) is 5.10 Å². The van der Waals surface area contributed by atoms with E-state index in [0.29, 0.717) is 11.4 Å². The van der Waals surface area contributed by atoms with Crippen LogP contribution in [0.5, 0.6) is 0 Å². The zero-order valence-corrected chi connectivity index (χ0v) is 16.8. The Hall–Kier alpha value is -2.62. The fourth-order valence-corrected chi connectivity index (χ4v) is 4.12. The number of hydrogen-bond acceptors (Lipinski definition) is 5. The van der Waals surface area contributed by atoms with Crippen molar-refractivity contribution in [3.63, 3.8) is 0 Å². The number of rotatable bonds is 6. The quantitative estimate of drug-likeness (QED) is 0.610. The Balaban J connectivity index is 1.70. The van der Waals surface area contributed by atoms with Gasteiger partial charge in [0.25, 0.3) is 10.0 Å². The van der Waals surface area contributed by atoms with Gasteiger partial charge in [0.05, 0.1) is 5.02 Å². The number of benzene rings is 2. The van der Waals surface area contributed by atoms with Crippen molar-refractivity contribution in [2.75, 3.05) is 10.0 Å². The van der Waals surface area contributed by atoms with Crippen molar-refractivity contribution < 1.29 is 13.2 Å². The van der Waals surface area contributed by atoms with Gasteiger partial charge < -0.3 is 5.32 Å². The number of carbonyl (C=O) groups excluding carboxylic acids is 1. The van der Waals surface area contributed by atoms with Gasteiger partial charge in [-0.25, -0.2) is 18.1 Å². The monoisotopic (exact) mass is 439 g/mol. The molecule has 0 fully saturated rings. The van der Waals surface area contributed by atoms with Crippen molar-refractivity contribution in [3.05, 3.63) is 65.2 Å². The molecule has 0 aliphatic heterocycles. The molecule has 2 aromatic carbocycles. The summed E-state index contributed by atoms with van der Waals surface area (Å²) in [5.74, 6) is -0.287. The number of halogens is 2. The highest BCUT2D eigenvalue weighted by Gasteiger charge is 2.19. The van der Waals surface area contributed by atoms with Crippen LogP contribution < -0.4 is 10.0 Å². The molecule has 1 unspecified atom stereocenters. The zero-order chi connectivity index (χ0) is 20.3. The minimum atomic E-state index is -3.92. The Morgan fingerprint density at radius 3 is 2.43 bits per heavy atom. The molecule has 1 aromatic heterocycles. The number of aromatic nitrogens is 3. The van der Waals surface area contributed by atoms with Crippen LogP contribution in [-0.2, 0) is 14.8 Å². The summed E-state index contributed by atoms with van der Waals surface area (Å²) >= 11 is 11.8. The van der Waals surface area contributed by atoms with Crippen LogP contribution in [0.2, 0.25) is 10.0 Å². The standard InChI is InChI=1S/C17H15Cl2N5O3S/c1-11(24-10-20-9-21-24)17(25)22-13-3-5-14(6-4-13)23-28(26,27)16-8-12(18)2-7-15(16)19/h2-11,23H,1H3,(H,22,25). The third kappa shape index (κ3) is 4.61. The van der Waals surface area contributed by atoms with E-state index in [1.54, 1.807) is 19.1 Å². The van der Waals surface area contributed by atoms with Crippen molar-refractivity contribution in [1.29, 1.82) is 0 Å². The molecule has 11 heteroatoms. The molecule has 0 saturated heterocycles. The first kappa shape index (κ1) is 20.1.